The van der Waals surface area contributed by atoms with Gasteiger partial charge in [-0.3, -0.25) is 4.79 Å². The van der Waals surface area contributed by atoms with E-state index in [0.29, 0.717) is 11.7 Å². The number of halogens is 1. The highest BCUT2D eigenvalue weighted by molar-refractivity contribution is 9.10. The van der Waals surface area contributed by atoms with Crippen LogP contribution in [0.2, 0.25) is 0 Å². The van der Waals surface area contributed by atoms with E-state index in [0.717, 1.165) is 15.7 Å². The Kier molecular flexibility index (Phi) is 6.55. The van der Waals surface area contributed by atoms with Crippen LogP contribution in [0.15, 0.2) is 58.1 Å². The first-order valence-corrected chi connectivity index (χ1v) is 8.57. The molecule has 0 radical (unpaired) electrons. The van der Waals surface area contributed by atoms with Gasteiger partial charge in [0, 0.05) is 0 Å². The van der Waals surface area contributed by atoms with E-state index in [1.54, 1.807) is 0 Å². The third kappa shape index (κ3) is 5.20. The fourth-order valence-corrected chi connectivity index (χ4v) is 2.57. The van der Waals surface area contributed by atoms with E-state index in [-0.39, 0.29) is 12.5 Å². The maximum absolute atomic E-state index is 11.9. The molecule has 0 spiro atoms. The van der Waals surface area contributed by atoms with Gasteiger partial charge in [-0.2, -0.15) is 5.10 Å². The molecule has 2 aromatic rings. The second-order valence-electron chi connectivity index (χ2n) is 5.73. The molecule has 2 rings (SSSR count). The minimum absolute atomic E-state index is 0.0921. The Bertz CT molecular complexity index is 727. The molecule has 0 fully saturated rings. The first-order chi connectivity index (χ1) is 11.5. The van der Waals surface area contributed by atoms with E-state index in [9.17, 15) is 4.79 Å². The van der Waals surface area contributed by atoms with Gasteiger partial charge in [0.05, 0.1) is 10.2 Å². The summed E-state index contributed by atoms with van der Waals surface area (Å²) in [5, 5.41) is 4.09. The number of nitrogens with zero attached hydrogens (tertiary/aromatic N) is 1. The number of rotatable bonds is 6. The zero-order valence-corrected chi connectivity index (χ0v) is 15.6. The molecule has 0 saturated heterocycles. The molecule has 5 heteroatoms. The predicted octanol–water partition coefficient (Wildman–Crippen LogP) is 4.49. The summed E-state index contributed by atoms with van der Waals surface area (Å²) in [6.07, 6.45) is 0. The molecule has 126 valence electrons. The van der Waals surface area contributed by atoms with E-state index in [2.05, 4.69) is 40.3 Å². The van der Waals surface area contributed by atoms with Crippen LogP contribution >= 0.6 is 15.9 Å². The molecule has 0 unspecified atom stereocenters. The third-order valence-electron chi connectivity index (χ3n) is 3.52. The van der Waals surface area contributed by atoms with Crippen LogP contribution in [0.4, 0.5) is 0 Å². The normalized spacial score (nSPS) is 11.5. The minimum atomic E-state index is -0.301. The lowest BCUT2D eigenvalue weighted by Crippen LogP contribution is -2.25. The number of hydrogen-bond acceptors (Lipinski definition) is 3. The fraction of sp³-hybridized carbons (Fsp3) is 0.263. The number of carbonyl (C=O) groups is 1. The van der Waals surface area contributed by atoms with Crippen molar-refractivity contribution in [2.24, 2.45) is 5.10 Å². The highest BCUT2D eigenvalue weighted by Gasteiger charge is 2.08. The number of benzene rings is 2. The van der Waals surface area contributed by atoms with Gasteiger partial charge in [0.1, 0.15) is 5.75 Å². The Morgan fingerprint density at radius 2 is 1.92 bits per heavy atom. The van der Waals surface area contributed by atoms with Crippen LogP contribution in [0.3, 0.4) is 0 Å². The number of nitrogens with one attached hydrogen (secondary N) is 1. The lowest BCUT2D eigenvalue weighted by atomic mass is 10.0. The zero-order valence-electron chi connectivity index (χ0n) is 14.0. The molecule has 24 heavy (non-hydrogen) atoms. The van der Waals surface area contributed by atoms with E-state index in [1.165, 1.54) is 5.56 Å². The van der Waals surface area contributed by atoms with Gasteiger partial charge in [-0.1, -0.05) is 50.2 Å². The summed E-state index contributed by atoms with van der Waals surface area (Å²) in [7, 11) is 0. The van der Waals surface area contributed by atoms with Crippen LogP contribution in [0.25, 0.3) is 0 Å². The molecule has 1 N–H and O–H groups in total. The Morgan fingerprint density at radius 1 is 1.21 bits per heavy atom. The number of amides is 1. The molecular formula is C19H21BrN2O2. The highest BCUT2D eigenvalue weighted by atomic mass is 79.9. The van der Waals surface area contributed by atoms with E-state index >= 15 is 0 Å². The van der Waals surface area contributed by atoms with Gasteiger partial charge in [0.15, 0.2) is 6.61 Å². The molecule has 0 aromatic heterocycles. The summed E-state index contributed by atoms with van der Waals surface area (Å²) in [6, 6.07) is 15.5. The summed E-state index contributed by atoms with van der Waals surface area (Å²) in [4.78, 5) is 11.9. The summed E-state index contributed by atoms with van der Waals surface area (Å²) in [5.74, 6) is 0.775. The van der Waals surface area contributed by atoms with Crippen molar-refractivity contribution >= 4 is 27.5 Å². The van der Waals surface area contributed by atoms with Crippen molar-refractivity contribution in [2.45, 2.75) is 26.7 Å². The largest absolute Gasteiger partial charge is 0.483 e. The van der Waals surface area contributed by atoms with Crippen molar-refractivity contribution in [2.75, 3.05) is 6.61 Å². The van der Waals surface area contributed by atoms with Crippen LogP contribution < -0.4 is 10.2 Å². The molecule has 1 amide bonds. The van der Waals surface area contributed by atoms with Crippen LogP contribution in [0.1, 0.15) is 37.8 Å². The van der Waals surface area contributed by atoms with Crippen molar-refractivity contribution in [1.29, 1.82) is 0 Å². The van der Waals surface area contributed by atoms with Gasteiger partial charge in [0.2, 0.25) is 0 Å². The topological polar surface area (TPSA) is 50.7 Å². The van der Waals surface area contributed by atoms with Gasteiger partial charge < -0.3 is 4.74 Å². The summed E-state index contributed by atoms with van der Waals surface area (Å²) >= 11 is 3.47. The third-order valence-corrected chi connectivity index (χ3v) is 4.14. The van der Waals surface area contributed by atoms with Crippen molar-refractivity contribution in [1.82, 2.24) is 5.43 Å². The molecule has 0 heterocycles. The summed E-state index contributed by atoms with van der Waals surface area (Å²) < 4.78 is 6.38. The molecular weight excluding hydrogens is 368 g/mol. The quantitative estimate of drug-likeness (QED) is 0.585. The number of carbonyl (C=O) groups excluding carboxylic acids is 1. The molecule has 0 aliphatic heterocycles. The standard InChI is InChI=1S/C19H21BrN2O2/c1-13(2)16-9-10-18(17(20)11-16)24-12-19(23)22-21-14(3)15-7-5-4-6-8-15/h4-11,13H,12H2,1-3H3,(H,22,23)/b21-14+. The van der Waals surface area contributed by atoms with Gasteiger partial charge in [-0.15, -0.1) is 0 Å². The average molecular weight is 389 g/mol. The van der Waals surface area contributed by atoms with E-state index in [4.69, 9.17) is 4.74 Å². The average Bonchev–Trinajstić information content (AvgIpc) is 2.59. The molecule has 0 saturated carbocycles. The maximum atomic E-state index is 11.9. The molecule has 0 bridgehead atoms. The molecule has 4 nitrogen and oxygen atoms in total. The minimum Gasteiger partial charge on any atom is -0.483 e. The number of ether oxygens (including phenoxy) is 1. The van der Waals surface area contributed by atoms with Gasteiger partial charge in [-0.05, 0) is 52.0 Å². The van der Waals surface area contributed by atoms with Crippen LogP contribution in [0.5, 0.6) is 5.75 Å². The van der Waals surface area contributed by atoms with Gasteiger partial charge >= 0.3 is 0 Å². The Morgan fingerprint density at radius 3 is 2.54 bits per heavy atom. The van der Waals surface area contributed by atoms with Crippen LogP contribution in [-0.2, 0) is 4.79 Å². The summed E-state index contributed by atoms with van der Waals surface area (Å²) in [5.41, 5.74) is 5.42. The van der Waals surface area contributed by atoms with Crippen LogP contribution in [-0.4, -0.2) is 18.2 Å². The molecule has 0 atom stereocenters. The molecule has 0 aliphatic carbocycles. The second-order valence-corrected chi connectivity index (χ2v) is 6.59. The monoisotopic (exact) mass is 388 g/mol. The van der Waals surface area contributed by atoms with Crippen molar-refractivity contribution < 1.29 is 9.53 Å². The number of hydrogen-bond donors (Lipinski definition) is 1. The Labute approximate surface area is 151 Å². The Balaban J connectivity index is 1.89. The zero-order chi connectivity index (χ0) is 17.5. The highest BCUT2D eigenvalue weighted by Crippen LogP contribution is 2.28. The van der Waals surface area contributed by atoms with Crippen molar-refractivity contribution in [3.63, 3.8) is 0 Å². The first-order valence-electron chi connectivity index (χ1n) is 7.78. The fourth-order valence-electron chi connectivity index (χ4n) is 2.06. The SMILES string of the molecule is C/C(=N\NC(=O)COc1ccc(C(C)C)cc1Br)c1ccccc1. The molecule has 2 aromatic carbocycles. The van der Waals surface area contributed by atoms with Crippen molar-refractivity contribution in [3.8, 4) is 5.75 Å². The van der Waals surface area contributed by atoms with Gasteiger partial charge in [0.25, 0.3) is 5.91 Å². The predicted molar refractivity (Wildman–Crippen MR) is 101 cm³/mol. The Hall–Kier alpha value is -2.14. The van der Waals surface area contributed by atoms with Crippen molar-refractivity contribution in [3.05, 3.63) is 64.1 Å². The lowest BCUT2D eigenvalue weighted by molar-refractivity contribution is -0.123. The smallest absolute Gasteiger partial charge is 0.277 e. The summed E-state index contributed by atoms with van der Waals surface area (Å²) in [6.45, 7) is 6.01. The van der Waals surface area contributed by atoms with Gasteiger partial charge in [-0.25, -0.2) is 5.43 Å². The maximum Gasteiger partial charge on any atom is 0.277 e. The number of hydrazone groups is 1. The second kappa shape index (κ2) is 8.64. The first kappa shape index (κ1) is 18.2. The molecule has 0 aliphatic rings. The van der Waals surface area contributed by atoms with E-state index < -0.39 is 0 Å². The van der Waals surface area contributed by atoms with E-state index in [1.807, 2.05) is 55.5 Å². The lowest BCUT2D eigenvalue weighted by Gasteiger charge is -2.11. The van der Waals surface area contributed by atoms with Crippen LogP contribution in [0, 0.1) is 0 Å².